The van der Waals surface area contributed by atoms with Crippen molar-refractivity contribution in [3.63, 3.8) is 0 Å². The summed E-state index contributed by atoms with van der Waals surface area (Å²) in [6.45, 7) is 11.0. The SMILES string of the molecule is CCC(C)C1C(=O)NCC(=O)N1CCOC(C)(C)C. The Labute approximate surface area is 115 Å². The van der Waals surface area contributed by atoms with Crippen LogP contribution in [0.3, 0.4) is 0 Å². The molecule has 2 amide bonds. The molecule has 5 nitrogen and oxygen atoms in total. The van der Waals surface area contributed by atoms with Crippen LogP contribution in [-0.2, 0) is 14.3 Å². The first-order chi connectivity index (χ1) is 8.76. The highest BCUT2D eigenvalue weighted by Crippen LogP contribution is 2.18. The number of rotatable bonds is 5. The van der Waals surface area contributed by atoms with Crippen LogP contribution in [0.1, 0.15) is 41.0 Å². The van der Waals surface area contributed by atoms with E-state index in [2.05, 4.69) is 5.32 Å². The number of carbonyl (C=O) groups excluding carboxylic acids is 2. The molecule has 0 aromatic carbocycles. The van der Waals surface area contributed by atoms with E-state index in [1.54, 1.807) is 4.90 Å². The average molecular weight is 270 g/mol. The van der Waals surface area contributed by atoms with Crippen LogP contribution in [0.2, 0.25) is 0 Å². The number of amides is 2. The summed E-state index contributed by atoms with van der Waals surface area (Å²) < 4.78 is 5.65. The van der Waals surface area contributed by atoms with Crippen LogP contribution < -0.4 is 5.32 Å². The summed E-state index contributed by atoms with van der Waals surface area (Å²) in [6.07, 6.45) is 0.863. The van der Waals surface area contributed by atoms with Gasteiger partial charge in [-0.25, -0.2) is 0 Å². The number of hydrogen-bond acceptors (Lipinski definition) is 3. The van der Waals surface area contributed by atoms with E-state index >= 15 is 0 Å². The highest BCUT2D eigenvalue weighted by atomic mass is 16.5. The lowest BCUT2D eigenvalue weighted by Gasteiger charge is -2.38. The topological polar surface area (TPSA) is 58.6 Å². The zero-order valence-electron chi connectivity index (χ0n) is 12.7. The number of nitrogens with one attached hydrogen (secondary N) is 1. The van der Waals surface area contributed by atoms with Gasteiger partial charge in [0.15, 0.2) is 0 Å². The first kappa shape index (κ1) is 16.0. The summed E-state index contributed by atoms with van der Waals surface area (Å²) in [5, 5.41) is 2.66. The number of piperazine rings is 1. The van der Waals surface area contributed by atoms with Crippen LogP contribution in [0.5, 0.6) is 0 Å². The molecule has 0 aliphatic carbocycles. The molecule has 1 rings (SSSR count). The van der Waals surface area contributed by atoms with Crippen LogP contribution in [-0.4, -0.2) is 48.1 Å². The second-order valence-corrected chi connectivity index (χ2v) is 6.10. The second kappa shape index (κ2) is 6.37. The average Bonchev–Trinajstić information content (AvgIpc) is 2.31. The molecular weight excluding hydrogens is 244 g/mol. The van der Waals surface area contributed by atoms with Gasteiger partial charge in [0.25, 0.3) is 0 Å². The highest BCUT2D eigenvalue weighted by Gasteiger charge is 2.37. The maximum Gasteiger partial charge on any atom is 0.243 e. The third kappa shape index (κ3) is 4.49. The van der Waals surface area contributed by atoms with Crippen molar-refractivity contribution in [1.82, 2.24) is 10.2 Å². The monoisotopic (exact) mass is 270 g/mol. The molecule has 19 heavy (non-hydrogen) atoms. The molecule has 1 N–H and O–H groups in total. The van der Waals surface area contributed by atoms with Crippen LogP contribution in [0.25, 0.3) is 0 Å². The van der Waals surface area contributed by atoms with E-state index in [0.29, 0.717) is 13.2 Å². The fraction of sp³-hybridized carbons (Fsp3) is 0.857. The lowest BCUT2D eigenvalue weighted by atomic mass is 9.95. The van der Waals surface area contributed by atoms with E-state index in [9.17, 15) is 9.59 Å². The molecule has 0 aromatic heterocycles. The van der Waals surface area contributed by atoms with Gasteiger partial charge in [0.2, 0.25) is 11.8 Å². The van der Waals surface area contributed by atoms with E-state index in [1.807, 2.05) is 34.6 Å². The van der Waals surface area contributed by atoms with Gasteiger partial charge in [0, 0.05) is 6.54 Å². The minimum Gasteiger partial charge on any atom is -0.374 e. The predicted molar refractivity (Wildman–Crippen MR) is 73.7 cm³/mol. The molecule has 2 unspecified atom stereocenters. The van der Waals surface area contributed by atoms with E-state index in [-0.39, 0.29) is 35.9 Å². The largest absolute Gasteiger partial charge is 0.374 e. The molecule has 2 atom stereocenters. The molecule has 0 radical (unpaired) electrons. The third-order valence-electron chi connectivity index (χ3n) is 3.39. The minimum absolute atomic E-state index is 0.0255. The molecule has 0 spiro atoms. The molecule has 1 fully saturated rings. The lowest BCUT2D eigenvalue weighted by Crippen LogP contribution is -2.61. The van der Waals surface area contributed by atoms with Crippen LogP contribution >= 0.6 is 0 Å². The van der Waals surface area contributed by atoms with Gasteiger partial charge in [-0.3, -0.25) is 9.59 Å². The smallest absolute Gasteiger partial charge is 0.243 e. The van der Waals surface area contributed by atoms with Crippen LogP contribution in [0.15, 0.2) is 0 Å². The second-order valence-electron chi connectivity index (χ2n) is 6.10. The van der Waals surface area contributed by atoms with E-state index in [0.717, 1.165) is 6.42 Å². The quantitative estimate of drug-likeness (QED) is 0.816. The van der Waals surface area contributed by atoms with Crippen molar-refractivity contribution in [1.29, 1.82) is 0 Å². The summed E-state index contributed by atoms with van der Waals surface area (Å²) in [7, 11) is 0. The molecule has 0 saturated carbocycles. The molecule has 1 aliphatic rings. The van der Waals surface area contributed by atoms with Gasteiger partial charge in [-0.15, -0.1) is 0 Å². The Morgan fingerprint density at radius 1 is 1.42 bits per heavy atom. The van der Waals surface area contributed by atoms with Crippen molar-refractivity contribution in [2.45, 2.75) is 52.7 Å². The maximum atomic E-state index is 12.0. The Balaban J connectivity index is 2.68. The molecule has 5 heteroatoms. The van der Waals surface area contributed by atoms with E-state index < -0.39 is 0 Å². The van der Waals surface area contributed by atoms with Crippen LogP contribution in [0, 0.1) is 5.92 Å². The standard InChI is InChI=1S/C14H26N2O3/c1-6-10(2)12-13(18)15-9-11(17)16(12)7-8-19-14(3,4)5/h10,12H,6-9H2,1-5H3,(H,15,18). The van der Waals surface area contributed by atoms with Gasteiger partial charge in [0.1, 0.15) is 6.04 Å². The van der Waals surface area contributed by atoms with Gasteiger partial charge in [-0.2, -0.15) is 0 Å². The first-order valence-corrected chi connectivity index (χ1v) is 6.97. The Morgan fingerprint density at radius 3 is 2.58 bits per heavy atom. The van der Waals surface area contributed by atoms with Gasteiger partial charge >= 0.3 is 0 Å². The number of nitrogens with zero attached hydrogens (tertiary/aromatic N) is 1. The zero-order chi connectivity index (χ0) is 14.6. The van der Waals surface area contributed by atoms with Crippen molar-refractivity contribution < 1.29 is 14.3 Å². The zero-order valence-corrected chi connectivity index (χ0v) is 12.7. The molecule has 1 heterocycles. The highest BCUT2D eigenvalue weighted by molar-refractivity contribution is 5.95. The summed E-state index contributed by atoms with van der Waals surface area (Å²) in [6, 6.07) is -0.366. The van der Waals surface area contributed by atoms with Gasteiger partial charge in [-0.05, 0) is 26.7 Å². The fourth-order valence-electron chi connectivity index (χ4n) is 2.17. The predicted octanol–water partition coefficient (Wildman–Crippen LogP) is 1.17. The lowest BCUT2D eigenvalue weighted by molar-refractivity contribution is -0.149. The Bertz CT molecular complexity index is 336. The van der Waals surface area contributed by atoms with Gasteiger partial charge in [0.05, 0.1) is 18.8 Å². The summed E-state index contributed by atoms with van der Waals surface area (Å²) in [5.74, 6) is 0.0750. The Morgan fingerprint density at radius 2 is 2.05 bits per heavy atom. The number of carbonyl (C=O) groups is 2. The van der Waals surface area contributed by atoms with Gasteiger partial charge < -0.3 is 15.0 Å². The first-order valence-electron chi connectivity index (χ1n) is 6.97. The van der Waals surface area contributed by atoms with Crippen LogP contribution in [0.4, 0.5) is 0 Å². The van der Waals surface area contributed by atoms with Crippen molar-refractivity contribution >= 4 is 11.8 Å². The summed E-state index contributed by atoms with van der Waals surface area (Å²) in [4.78, 5) is 25.6. The molecule has 110 valence electrons. The van der Waals surface area contributed by atoms with Crippen molar-refractivity contribution in [3.8, 4) is 0 Å². The molecule has 1 aliphatic heterocycles. The van der Waals surface area contributed by atoms with Crippen molar-refractivity contribution in [3.05, 3.63) is 0 Å². The van der Waals surface area contributed by atoms with E-state index in [4.69, 9.17) is 4.74 Å². The minimum atomic E-state index is -0.366. The van der Waals surface area contributed by atoms with E-state index in [1.165, 1.54) is 0 Å². The fourth-order valence-corrected chi connectivity index (χ4v) is 2.17. The summed E-state index contributed by atoms with van der Waals surface area (Å²) >= 11 is 0. The molecule has 1 saturated heterocycles. The normalized spacial score (nSPS) is 22.4. The maximum absolute atomic E-state index is 12.0. The number of hydrogen-bond donors (Lipinski definition) is 1. The summed E-state index contributed by atoms with van der Waals surface area (Å²) in [5.41, 5.74) is -0.229. The van der Waals surface area contributed by atoms with Gasteiger partial charge in [-0.1, -0.05) is 20.3 Å². The van der Waals surface area contributed by atoms with Crippen molar-refractivity contribution in [2.24, 2.45) is 5.92 Å². The Hall–Kier alpha value is -1.10. The molecular formula is C14H26N2O3. The molecule has 0 aromatic rings. The van der Waals surface area contributed by atoms with Crippen molar-refractivity contribution in [2.75, 3.05) is 19.7 Å². The number of ether oxygens (including phenoxy) is 1. The molecule has 0 bridgehead atoms. The third-order valence-corrected chi connectivity index (χ3v) is 3.39. The Kier molecular flexibility index (Phi) is 5.35.